The van der Waals surface area contributed by atoms with Gasteiger partial charge < -0.3 is 15.2 Å². The summed E-state index contributed by atoms with van der Waals surface area (Å²) < 4.78 is 5.40. The van der Waals surface area contributed by atoms with Crippen molar-refractivity contribution >= 4 is 5.69 Å². The van der Waals surface area contributed by atoms with Gasteiger partial charge in [-0.25, -0.2) is 0 Å². The molecule has 0 bridgehead atoms. The number of aromatic hydroxyl groups is 1. The smallest absolute Gasteiger partial charge is 0.161 e. The van der Waals surface area contributed by atoms with Crippen LogP contribution >= 0.6 is 0 Å². The van der Waals surface area contributed by atoms with Crippen LogP contribution in [0.25, 0.3) is 0 Å². The Hall–Kier alpha value is -2.16. The van der Waals surface area contributed by atoms with Crippen LogP contribution in [0.3, 0.4) is 0 Å². The molecule has 0 atom stereocenters. The summed E-state index contributed by atoms with van der Waals surface area (Å²) in [6.45, 7) is 5.30. The molecular formula is C17H21NO2. The van der Waals surface area contributed by atoms with Crippen molar-refractivity contribution in [3.63, 3.8) is 0 Å². The Labute approximate surface area is 120 Å². The molecule has 2 aromatic carbocycles. The van der Waals surface area contributed by atoms with Gasteiger partial charge in [0, 0.05) is 12.2 Å². The molecule has 0 aromatic heterocycles. The van der Waals surface area contributed by atoms with Crippen LogP contribution in [0.1, 0.15) is 25.0 Å². The summed E-state index contributed by atoms with van der Waals surface area (Å²) >= 11 is 0. The van der Waals surface area contributed by atoms with Crippen LogP contribution in [-0.4, -0.2) is 11.7 Å². The van der Waals surface area contributed by atoms with E-state index in [1.54, 1.807) is 6.07 Å². The first-order valence-corrected chi connectivity index (χ1v) is 7.01. The van der Waals surface area contributed by atoms with Crippen molar-refractivity contribution in [1.29, 1.82) is 0 Å². The molecular weight excluding hydrogens is 250 g/mol. The quantitative estimate of drug-likeness (QED) is 0.835. The number of phenols is 1. The van der Waals surface area contributed by atoms with Gasteiger partial charge in [-0.3, -0.25) is 0 Å². The third-order valence-corrected chi connectivity index (χ3v) is 3.21. The van der Waals surface area contributed by atoms with Crippen LogP contribution < -0.4 is 10.1 Å². The zero-order valence-corrected chi connectivity index (χ0v) is 12.0. The van der Waals surface area contributed by atoms with Crippen molar-refractivity contribution in [3.05, 3.63) is 53.6 Å². The van der Waals surface area contributed by atoms with Crippen molar-refractivity contribution in [2.75, 3.05) is 11.9 Å². The van der Waals surface area contributed by atoms with E-state index in [1.807, 2.05) is 25.1 Å². The maximum absolute atomic E-state index is 9.69. The second kappa shape index (κ2) is 6.85. The Kier molecular flexibility index (Phi) is 4.88. The van der Waals surface area contributed by atoms with E-state index in [1.165, 1.54) is 5.56 Å². The number of benzene rings is 2. The Morgan fingerprint density at radius 1 is 1.10 bits per heavy atom. The van der Waals surface area contributed by atoms with Crippen LogP contribution in [-0.2, 0) is 13.0 Å². The number of hydrogen-bond donors (Lipinski definition) is 2. The number of ether oxygens (including phenoxy) is 1. The average molecular weight is 271 g/mol. The van der Waals surface area contributed by atoms with Crippen LogP contribution in [0, 0.1) is 0 Å². The zero-order valence-electron chi connectivity index (χ0n) is 12.0. The summed E-state index contributed by atoms with van der Waals surface area (Å²) in [5.41, 5.74) is 3.54. The molecule has 0 aliphatic heterocycles. The summed E-state index contributed by atoms with van der Waals surface area (Å²) in [6.07, 6.45) is 1.00. The van der Waals surface area contributed by atoms with Crippen molar-refractivity contribution in [2.24, 2.45) is 0 Å². The fourth-order valence-electron chi connectivity index (χ4n) is 2.14. The molecule has 0 heterocycles. The van der Waals surface area contributed by atoms with Crippen LogP contribution in [0.15, 0.2) is 42.5 Å². The second-order valence-electron chi connectivity index (χ2n) is 4.60. The number of para-hydroxylation sites is 1. The molecule has 2 aromatic rings. The van der Waals surface area contributed by atoms with E-state index in [2.05, 4.69) is 30.4 Å². The lowest BCUT2D eigenvalue weighted by Gasteiger charge is -2.12. The third-order valence-electron chi connectivity index (χ3n) is 3.21. The number of aryl methyl sites for hydroxylation is 1. The predicted octanol–water partition coefficient (Wildman–Crippen LogP) is 3.97. The minimum atomic E-state index is 0.185. The molecule has 0 saturated heterocycles. The lowest BCUT2D eigenvalue weighted by molar-refractivity contribution is 0.318. The highest BCUT2D eigenvalue weighted by Gasteiger charge is 2.04. The standard InChI is InChI=1S/C17H21NO2/c1-3-14-7-5-6-8-15(14)18-12-13-9-10-16(19)17(11-13)20-4-2/h5-11,18-19H,3-4,12H2,1-2H3. The highest BCUT2D eigenvalue weighted by molar-refractivity contribution is 5.52. The monoisotopic (exact) mass is 271 g/mol. The molecule has 2 rings (SSSR count). The molecule has 106 valence electrons. The molecule has 0 fully saturated rings. The normalized spacial score (nSPS) is 10.3. The Morgan fingerprint density at radius 3 is 2.65 bits per heavy atom. The highest BCUT2D eigenvalue weighted by atomic mass is 16.5. The van der Waals surface area contributed by atoms with E-state index in [9.17, 15) is 5.11 Å². The summed E-state index contributed by atoms with van der Waals surface area (Å²) in [4.78, 5) is 0. The molecule has 0 aliphatic carbocycles. The molecule has 0 saturated carbocycles. The molecule has 0 amide bonds. The molecule has 0 aliphatic rings. The van der Waals surface area contributed by atoms with Gasteiger partial charge in [0.2, 0.25) is 0 Å². The van der Waals surface area contributed by atoms with Crippen molar-refractivity contribution < 1.29 is 9.84 Å². The lowest BCUT2D eigenvalue weighted by Crippen LogP contribution is -2.02. The van der Waals surface area contributed by atoms with Gasteiger partial charge in [-0.05, 0) is 42.7 Å². The highest BCUT2D eigenvalue weighted by Crippen LogP contribution is 2.27. The number of hydrogen-bond acceptors (Lipinski definition) is 3. The second-order valence-corrected chi connectivity index (χ2v) is 4.60. The van der Waals surface area contributed by atoms with E-state index >= 15 is 0 Å². The first-order chi connectivity index (χ1) is 9.74. The van der Waals surface area contributed by atoms with E-state index in [0.29, 0.717) is 18.9 Å². The molecule has 0 radical (unpaired) electrons. The van der Waals surface area contributed by atoms with Gasteiger partial charge in [0.25, 0.3) is 0 Å². The Balaban J connectivity index is 2.09. The number of phenolic OH excluding ortho intramolecular Hbond substituents is 1. The van der Waals surface area contributed by atoms with Crippen LogP contribution in [0.5, 0.6) is 11.5 Å². The number of anilines is 1. The Bertz CT molecular complexity index is 567. The first kappa shape index (κ1) is 14.3. The summed E-state index contributed by atoms with van der Waals surface area (Å²) in [5.74, 6) is 0.722. The number of nitrogens with one attached hydrogen (secondary N) is 1. The first-order valence-electron chi connectivity index (χ1n) is 7.01. The third kappa shape index (κ3) is 3.44. The van der Waals surface area contributed by atoms with Gasteiger partial charge >= 0.3 is 0 Å². The maximum atomic E-state index is 9.69. The summed E-state index contributed by atoms with van der Waals surface area (Å²) in [5, 5.41) is 13.1. The van der Waals surface area contributed by atoms with Gasteiger partial charge in [-0.1, -0.05) is 31.2 Å². The van der Waals surface area contributed by atoms with E-state index in [0.717, 1.165) is 17.7 Å². The van der Waals surface area contributed by atoms with Gasteiger partial charge in [-0.15, -0.1) is 0 Å². The Morgan fingerprint density at radius 2 is 1.90 bits per heavy atom. The molecule has 20 heavy (non-hydrogen) atoms. The van der Waals surface area contributed by atoms with Crippen molar-refractivity contribution in [2.45, 2.75) is 26.8 Å². The summed E-state index contributed by atoms with van der Waals surface area (Å²) in [7, 11) is 0. The van der Waals surface area contributed by atoms with Crippen LogP contribution in [0.4, 0.5) is 5.69 Å². The van der Waals surface area contributed by atoms with Crippen molar-refractivity contribution in [3.8, 4) is 11.5 Å². The van der Waals surface area contributed by atoms with E-state index in [4.69, 9.17) is 4.74 Å². The molecule has 0 spiro atoms. The van der Waals surface area contributed by atoms with Gasteiger partial charge in [0.05, 0.1) is 6.61 Å². The minimum Gasteiger partial charge on any atom is -0.504 e. The maximum Gasteiger partial charge on any atom is 0.161 e. The molecule has 3 nitrogen and oxygen atoms in total. The predicted molar refractivity (Wildman–Crippen MR) is 82.4 cm³/mol. The topological polar surface area (TPSA) is 41.5 Å². The summed E-state index contributed by atoms with van der Waals surface area (Å²) in [6, 6.07) is 13.8. The molecule has 0 unspecified atom stereocenters. The minimum absolute atomic E-state index is 0.185. The van der Waals surface area contributed by atoms with Gasteiger partial charge in [-0.2, -0.15) is 0 Å². The fourth-order valence-corrected chi connectivity index (χ4v) is 2.14. The molecule has 2 N–H and O–H groups in total. The zero-order chi connectivity index (χ0) is 14.4. The van der Waals surface area contributed by atoms with Gasteiger partial charge in [0.1, 0.15) is 0 Å². The SMILES string of the molecule is CCOc1cc(CNc2ccccc2CC)ccc1O. The lowest BCUT2D eigenvalue weighted by atomic mass is 10.1. The average Bonchev–Trinajstić information content (AvgIpc) is 2.48. The van der Waals surface area contributed by atoms with Crippen LogP contribution in [0.2, 0.25) is 0 Å². The van der Waals surface area contributed by atoms with E-state index in [-0.39, 0.29) is 5.75 Å². The fraction of sp³-hybridized carbons (Fsp3) is 0.294. The van der Waals surface area contributed by atoms with E-state index < -0.39 is 0 Å². The van der Waals surface area contributed by atoms with Gasteiger partial charge in [0.15, 0.2) is 11.5 Å². The number of rotatable bonds is 6. The van der Waals surface area contributed by atoms with Crippen molar-refractivity contribution in [1.82, 2.24) is 0 Å². The largest absolute Gasteiger partial charge is 0.504 e. The molecule has 3 heteroatoms.